The van der Waals surface area contributed by atoms with E-state index in [4.69, 9.17) is 25.5 Å². The van der Waals surface area contributed by atoms with Crippen molar-refractivity contribution in [3.63, 3.8) is 0 Å². The van der Waals surface area contributed by atoms with Crippen LogP contribution in [0.15, 0.2) is 58.2 Å². The highest BCUT2D eigenvalue weighted by Crippen LogP contribution is 2.27. The zero-order valence-corrected chi connectivity index (χ0v) is 15.9. The molecule has 140 valence electrons. The van der Waals surface area contributed by atoms with Crippen LogP contribution in [0.25, 0.3) is 0 Å². The molecule has 0 unspecified atom stereocenters. The fraction of sp³-hybridized carbons (Fsp3) is 0.167. The number of benzene rings is 2. The number of thioether (sulfide) groups is 1. The highest BCUT2D eigenvalue weighted by molar-refractivity contribution is 7.99. The zero-order chi connectivity index (χ0) is 19.1. The van der Waals surface area contributed by atoms with Crippen molar-refractivity contribution in [3.8, 4) is 11.5 Å². The normalized spacial score (nSPS) is 10.4. The minimum Gasteiger partial charge on any atom is -0.493 e. The molecule has 0 aliphatic heterocycles. The van der Waals surface area contributed by atoms with E-state index < -0.39 is 0 Å². The molecular weight excluding hydrogens is 390 g/mol. The first-order valence-corrected chi connectivity index (χ1v) is 9.27. The average molecular weight is 406 g/mol. The van der Waals surface area contributed by atoms with Crippen molar-refractivity contribution >= 4 is 35.0 Å². The van der Waals surface area contributed by atoms with Gasteiger partial charge in [0, 0.05) is 10.7 Å². The first kappa shape index (κ1) is 19.1. The predicted octanol–water partition coefficient (Wildman–Crippen LogP) is 4.04. The van der Waals surface area contributed by atoms with Crippen LogP contribution in [0.5, 0.6) is 11.5 Å². The molecule has 0 fully saturated rings. The highest BCUT2D eigenvalue weighted by atomic mass is 35.5. The van der Waals surface area contributed by atoms with Crippen molar-refractivity contribution < 1.29 is 18.7 Å². The lowest BCUT2D eigenvalue weighted by Crippen LogP contribution is -2.13. The SMILES string of the molecule is COc1ccccc1OCc1nnc(SCC(=O)Nc2cccc(Cl)c2)o1. The number of amides is 1. The number of nitrogens with zero attached hydrogens (tertiary/aromatic N) is 2. The van der Waals surface area contributed by atoms with Gasteiger partial charge in [-0.3, -0.25) is 4.79 Å². The first-order valence-electron chi connectivity index (χ1n) is 7.90. The van der Waals surface area contributed by atoms with Crippen LogP contribution in [0.2, 0.25) is 5.02 Å². The smallest absolute Gasteiger partial charge is 0.277 e. The lowest BCUT2D eigenvalue weighted by Gasteiger charge is -2.07. The molecule has 27 heavy (non-hydrogen) atoms. The van der Waals surface area contributed by atoms with Gasteiger partial charge in [-0.2, -0.15) is 0 Å². The molecule has 0 aliphatic rings. The van der Waals surface area contributed by atoms with Gasteiger partial charge in [-0.25, -0.2) is 0 Å². The molecule has 0 radical (unpaired) electrons. The lowest BCUT2D eigenvalue weighted by molar-refractivity contribution is -0.113. The molecule has 1 heterocycles. The van der Waals surface area contributed by atoms with E-state index in [9.17, 15) is 4.79 Å². The van der Waals surface area contributed by atoms with Gasteiger partial charge in [0.25, 0.3) is 11.1 Å². The Bertz CT molecular complexity index is 919. The van der Waals surface area contributed by atoms with Crippen LogP contribution < -0.4 is 14.8 Å². The third kappa shape index (κ3) is 5.63. The van der Waals surface area contributed by atoms with Gasteiger partial charge in [0.05, 0.1) is 12.9 Å². The number of ether oxygens (including phenoxy) is 2. The van der Waals surface area contributed by atoms with Crippen LogP contribution >= 0.6 is 23.4 Å². The van der Waals surface area contributed by atoms with E-state index in [-0.39, 0.29) is 23.5 Å². The summed E-state index contributed by atoms with van der Waals surface area (Å²) in [4.78, 5) is 12.0. The van der Waals surface area contributed by atoms with Gasteiger partial charge in [-0.1, -0.05) is 41.6 Å². The van der Waals surface area contributed by atoms with E-state index in [0.717, 1.165) is 11.8 Å². The molecule has 0 saturated carbocycles. The Morgan fingerprint density at radius 3 is 2.78 bits per heavy atom. The van der Waals surface area contributed by atoms with E-state index in [1.54, 1.807) is 43.5 Å². The maximum atomic E-state index is 12.0. The van der Waals surface area contributed by atoms with Crippen LogP contribution in [0.4, 0.5) is 5.69 Å². The second kappa shape index (κ2) is 9.29. The van der Waals surface area contributed by atoms with Crippen molar-refractivity contribution in [1.82, 2.24) is 10.2 Å². The molecular formula is C18H16ClN3O4S. The third-order valence-corrected chi connectivity index (χ3v) is 4.36. The zero-order valence-electron chi connectivity index (χ0n) is 14.3. The summed E-state index contributed by atoms with van der Waals surface area (Å²) in [5.74, 6) is 1.42. The monoisotopic (exact) mass is 405 g/mol. The largest absolute Gasteiger partial charge is 0.493 e. The number of anilines is 1. The van der Waals surface area contributed by atoms with E-state index in [1.807, 2.05) is 12.1 Å². The predicted molar refractivity (Wildman–Crippen MR) is 102 cm³/mol. The van der Waals surface area contributed by atoms with Crippen LogP contribution in [-0.2, 0) is 11.4 Å². The molecule has 9 heteroatoms. The number of hydrogen-bond donors (Lipinski definition) is 1. The van der Waals surface area contributed by atoms with Crippen molar-refractivity contribution in [2.24, 2.45) is 0 Å². The first-order chi connectivity index (χ1) is 13.1. The molecule has 7 nitrogen and oxygen atoms in total. The van der Waals surface area contributed by atoms with Crippen LogP contribution in [-0.4, -0.2) is 29.0 Å². The topological polar surface area (TPSA) is 86.5 Å². The Kier molecular flexibility index (Phi) is 6.56. The van der Waals surface area contributed by atoms with Crippen LogP contribution in [0, 0.1) is 0 Å². The second-order valence-electron chi connectivity index (χ2n) is 5.25. The number of para-hydroxylation sites is 2. The number of nitrogens with one attached hydrogen (secondary N) is 1. The van der Waals surface area contributed by atoms with Crippen molar-refractivity contribution in [2.75, 3.05) is 18.2 Å². The highest BCUT2D eigenvalue weighted by Gasteiger charge is 2.11. The lowest BCUT2D eigenvalue weighted by atomic mass is 10.3. The van der Waals surface area contributed by atoms with Crippen molar-refractivity contribution in [1.29, 1.82) is 0 Å². The van der Waals surface area contributed by atoms with Gasteiger partial charge < -0.3 is 19.2 Å². The maximum Gasteiger partial charge on any atom is 0.277 e. The number of carbonyl (C=O) groups is 1. The van der Waals surface area contributed by atoms with Crippen LogP contribution in [0.1, 0.15) is 5.89 Å². The summed E-state index contributed by atoms with van der Waals surface area (Å²) in [5.41, 5.74) is 0.629. The van der Waals surface area contributed by atoms with Crippen LogP contribution in [0.3, 0.4) is 0 Å². The van der Waals surface area contributed by atoms with E-state index in [0.29, 0.717) is 28.1 Å². The van der Waals surface area contributed by atoms with Gasteiger partial charge >= 0.3 is 0 Å². The number of methoxy groups -OCH3 is 1. The third-order valence-electron chi connectivity index (χ3n) is 3.30. The molecule has 0 bridgehead atoms. The summed E-state index contributed by atoms with van der Waals surface area (Å²) < 4.78 is 16.3. The van der Waals surface area contributed by atoms with E-state index in [1.165, 1.54) is 0 Å². The number of carbonyl (C=O) groups excluding carboxylic acids is 1. The fourth-order valence-electron chi connectivity index (χ4n) is 2.12. The van der Waals surface area contributed by atoms with E-state index >= 15 is 0 Å². The number of aromatic nitrogens is 2. The molecule has 0 atom stereocenters. The Balaban J connectivity index is 1.48. The van der Waals surface area contributed by atoms with Gasteiger partial charge in [-0.15, -0.1) is 10.2 Å². The maximum absolute atomic E-state index is 12.0. The van der Waals surface area contributed by atoms with Gasteiger partial charge in [0.1, 0.15) is 0 Å². The summed E-state index contributed by atoms with van der Waals surface area (Å²) in [5, 5.41) is 11.4. The number of rotatable bonds is 8. The van der Waals surface area contributed by atoms with Gasteiger partial charge in [-0.05, 0) is 30.3 Å². The summed E-state index contributed by atoms with van der Waals surface area (Å²) in [6.45, 7) is 0.0998. The summed E-state index contributed by atoms with van der Waals surface area (Å²) in [7, 11) is 1.57. The Hall–Kier alpha value is -2.71. The Morgan fingerprint density at radius 2 is 2.00 bits per heavy atom. The minimum absolute atomic E-state index is 0.0998. The molecule has 0 saturated heterocycles. The Labute approximate surface area is 165 Å². The minimum atomic E-state index is -0.202. The molecule has 2 aromatic carbocycles. The quantitative estimate of drug-likeness (QED) is 0.566. The average Bonchev–Trinajstić information content (AvgIpc) is 3.13. The molecule has 3 aromatic rings. The van der Waals surface area contributed by atoms with Gasteiger partial charge in [0.15, 0.2) is 18.1 Å². The molecule has 1 amide bonds. The number of hydrogen-bond acceptors (Lipinski definition) is 7. The molecule has 0 aliphatic carbocycles. The second-order valence-corrected chi connectivity index (χ2v) is 6.61. The molecule has 1 N–H and O–H groups in total. The standard InChI is InChI=1S/C18H16ClN3O4S/c1-24-14-7-2-3-8-15(14)25-10-17-21-22-18(26-17)27-11-16(23)20-13-6-4-5-12(19)9-13/h2-9H,10-11H2,1H3,(H,20,23). The molecule has 0 spiro atoms. The van der Waals surface area contributed by atoms with E-state index in [2.05, 4.69) is 15.5 Å². The summed E-state index contributed by atoms with van der Waals surface area (Å²) in [6.07, 6.45) is 0. The molecule has 1 aromatic heterocycles. The Morgan fingerprint density at radius 1 is 1.19 bits per heavy atom. The van der Waals surface area contributed by atoms with Crippen molar-refractivity contribution in [2.45, 2.75) is 11.8 Å². The number of halogens is 1. The summed E-state index contributed by atoms with van der Waals surface area (Å²) in [6, 6.07) is 14.2. The fourth-order valence-corrected chi connectivity index (χ4v) is 2.89. The summed E-state index contributed by atoms with van der Waals surface area (Å²) >= 11 is 7.02. The van der Waals surface area contributed by atoms with Gasteiger partial charge in [0.2, 0.25) is 5.91 Å². The van der Waals surface area contributed by atoms with Crippen molar-refractivity contribution in [3.05, 3.63) is 59.4 Å². The molecule has 3 rings (SSSR count).